The molecule has 1 aliphatic rings. The molecule has 2 amide bonds. The zero-order valence-corrected chi connectivity index (χ0v) is 17.9. The standard InChI is InChI=1S/C23H24Cl2N2O3/c24-19-12-18(13-20(25)14-19)21(28)15-26-23(30)17-8-10-27(11-9-17)22(29)7-6-16-4-2-1-3-5-16/h1-7,12-14,17,21,28H,8-11,15H2,(H,26,30). The second-order valence-electron chi connectivity index (χ2n) is 7.31. The van der Waals surface area contributed by atoms with Crippen LogP contribution in [0.15, 0.2) is 54.6 Å². The Hall–Kier alpha value is -2.34. The number of carbonyl (C=O) groups is 2. The van der Waals surface area contributed by atoms with Crippen LogP contribution in [-0.4, -0.2) is 41.5 Å². The van der Waals surface area contributed by atoms with Gasteiger partial charge in [-0.2, -0.15) is 0 Å². The highest BCUT2D eigenvalue weighted by Gasteiger charge is 2.26. The summed E-state index contributed by atoms with van der Waals surface area (Å²) >= 11 is 11.9. The van der Waals surface area contributed by atoms with Crippen LogP contribution in [-0.2, 0) is 9.59 Å². The van der Waals surface area contributed by atoms with Crippen LogP contribution in [0.5, 0.6) is 0 Å². The van der Waals surface area contributed by atoms with Gasteiger partial charge in [0.25, 0.3) is 0 Å². The molecule has 0 aromatic heterocycles. The van der Waals surface area contributed by atoms with E-state index < -0.39 is 6.10 Å². The minimum Gasteiger partial charge on any atom is -0.387 e. The monoisotopic (exact) mass is 446 g/mol. The average Bonchev–Trinajstić information content (AvgIpc) is 2.75. The summed E-state index contributed by atoms with van der Waals surface area (Å²) in [6.45, 7) is 1.14. The van der Waals surface area contributed by atoms with Crippen molar-refractivity contribution >= 4 is 41.1 Å². The summed E-state index contributed by atoms with van der Waals surface area (Å²) in [6, 6.07) is 14.5. The lowest BCUT2D eigenvalue weighted by Crippen LogP contribution is -2.43. The zero-order valence-electron chi connectivity index (χ0n) is 16.4. The van der Waals surface area contributed by atoms with Gasteiger partial charge >= 0.3 is 0 Å². The number of rotatable bonds is 6. The maximum Gasteiger partial charge on any atom is 0.246 e. The first-order chi connectivity index (χ1) is 14.4. The molecule has 0 spiro atoms. The molecule has 30 heavy (non-hydrogen) atoms. The number of aliphatic hydroxyl groups is 1. The summed E-state index contributed by atoms with van der Waals surface area (Å²) in [5.74, 6) is -0.345. The summed E-state index contributed by atoms with van der Waals surface area (Å²) in [7, 11) is 0. The number of piperidine rings is 1. The molecule has 2 N–H and O–H groups in total. The number of amides is 2. The molecule has 0 aliphatic carbocycles. The molecular formula is C23H24Cl2N2O3. The SMILES string of the molecule is O=C(NCC(O)c1cc(Cl)cc(Cl)c1)C1CCN(C(=O)C=Cc2ccccc2)CC1. The van der Waals surface area contributed by atoms with Crippen molar-refractivity contribution in [2.75, 3.05) is 19.6 Å². The van der Waals surface area contributed by atoms with Gasteiger partial charge in [0.15, 0.2) is 0 Å². The maximum atomic E-state index is 12.5. The van der Waals surface area contributed by atoms with Crippen LogP contribution < -0.4 is 5.32 Å². The molecule has 0 saturated carbocycles. The van der Waals surface area contributed by atoms with E-state index in [1.54, 1.807) is 35.3 Å². The molecule has 1 fully saturated rings. The van der Waals surface area contributed by atoms with Crippen LogP contribution in [0.1, 0.15) is 30.1 Å². The molecule has 7 heteroatoms. The van der Waals surface area contributed by atoms with Crippen molar-refractivity contribution in [2.45, 2.75) is 18.9 Å². The topological polar surface area (TPSA) is 69.6 Å². The largest absolute Gasteiger partial charge is 0.387 e. The van der Waals surface area contributed by atoms with E-state index in [0.29, 0.717) is 41.5 Å². The third-order valence-electron chi connectivity index (χ3n) is 5.13. The summed E-state index contributed by atoms with van der Waals surface area (Å²) in [5.41, 5.74) is 1.53. The first kappa shape index (κ1) is 22.3. The van der Waals surface area contributed by atoms with Gasteiger partial charge in [-0.05, 0) is 48.2 Å². The van der Waals surface area contributed by atoms with Crippen LogP contribution in [0.2, 0.25) is 10.0 Å². The second kappa shape index (κ2) is 10.6. The molecule has 2 aromatic rings. The van der Waals surface area contributed by atoms with Gasteiger partial charge in [-0.3, -0.25) is 9.59 Å². The Bertz CT molecular complexity index is 890. The molecule has 2 aromatic carbocycles. The number of likely N-dealkylation sites (tertiary alicyclic amines) is 1. The predicted molar refractivity (Wildman–Crippen MR) is 119 cm³/mol. The second-order valence-corrected chi connectivity index (χ2v) is 8.18. The molecule has 158 valence electrons. The Morgan fingerprint density at radius 3 is 2.37 bits per heavy atom. The number of hydrogen-bond donors (Lipinski definition) is 2. The third-order valence-corrected chi connectivity index (χ3v) is 5.57. The average molecular weight is 447 g/mol. The Morgan fingerprint density at radius 1 is 1.10 bits per heavy atom. The van der Waals surface area contributed by atoms with Crippen molar-refractivity contribution in [3.8, 4) is 0 Å². The van der Waals surface area contributed by atoms with Crippen molar-refractivity contribution in [1.29, 1.82) is 0 Å². The van der Waals surface area contributed by atoms with E-state index in [1.165, 1.54) is 0 Å². The smallest absolute Gasteiger partial charge is 0.246 e. The third kappa shape index (κ3) is 6.33. The number of nitrogens with zero attached hydrogens (tertiary/aromatic N) is 1. The van der Waals surface area contributed by atoms with Crippen LogP contribution in [0, 0.1) is 5.92 Å². The van der Waals surface area contributed by atoms with Gasteiger partial charge in [-0.1, -0.05) is 53.5 Å². The molecule has 1 aliphatic heterocycles. The van der Waals surface area contributed by atoms with Crippen molar-refractivity contribution in [3.63, 3.8) is 0 Å². The molecule has 1 heterocycles. The highest BCUT2D eigenvalue weighted by atomic mass is 35.5. The Kier molecular flexibility index (Phi) is 7.91. The fraction of sp³-hybridized carbons (Fsp3) is 0.304. The predicted octanol–water partition coefficient (Wildman–Crippen LogP) is 4.10. The Labute approximate surface area is 186 Å². The Morgan fingerprint density at radius 2 is 1.73 bits per heavy atom. The van der Waals surface area contributed by atoms with E-state index in [4.69, 9.17) is 23.2 Å². The molecule has 0 bridgehead atoms. The van der Waals surface area contributed by atoms with Crippen molar-refractivity contribution in [3.05, 3.63) is 75.8 Å². The van der Waals surface area contributed by atoms with Crippen molar-refractivity contribution in [2.24, 2.45) is 5.92 Å². The van der Waals surface area contributed by atoms with E-state index in [-0.39, 0.29) is 24.3 Å². The van der Waals surface area contributed by atoms with Crippen LogP contribution in [0.3, 0.4) is 0 Å². The molecule has 1 atom stereocenters. The first-order valence-electron chi connectivity index (χ1n) is 9.86. The lowest BCUT2D eigenvalue weighted by Gasteiger charge is -2.30. The van der Waals surface area contributed by atoms with Gasteiger partial charge in [-0.25, -0.2) is 0 Å². The zero-order chi connectivity index (χ0) is 21.5. The lowest BCUT2D eigenvalue weighted by atomic mass is 9.95. The quantitative estimate of drug-likeness (QED) is 0.656. The molecule has 1 unspecified atom stereocenters. The molecule has 5 nitrogen and oxygen atoms in total. The number of benzene rings is 2. The van der Waals surface area contributed by atoms with Gasteiger partial charge in [0.1, 0.15) is 0 Å². The van der Waals surface area contributed by atoms with E-state index in [1.807, 2.05) is 30.3 Å². The van der Waals surface area contributed by atoms with E-state index in [0.717, 1.165) is 5.56 Å². The van der Waals surface area contributed by atoms with Crippen LogP contribution in [0.25, 0.3) is 6.08 Å². The highest BCUT2D eigenvalue weighted by molar-refractivity contribution is 6.34. The van der Waals surface area contributed by atoms with Gasteiger partial charge < -0.3 is 15.3 Å². The maximum absolute atomic E-state index is 12.5. The number of aliphatic hydroxyl groups excluding tert-OH is 1. The van der Waals surface area contributed by atoms with Crippen molar-refractivity contribution < 1.29 is 14.7 Å². The van der Waals surface area contributed by atoms with Gasteiger partial charge in [0.05, 0.1) is 6.10 Å². The normalized spacial score (nSPS) is 15.9. The minimum atomic E-state index is -0.894. The molecule has 0 radical (unpaired) electrons. The van der Waals surface area contributed by atoms with E-state index in [9.17, 15) is 14.7 Å². The molecule has 3 rings (SSSR count). The van der Waals surface area contributed by atoms with Crippen LogP contribution >= 0.6 is 23.2 Å². The van der Waals surface area contributed by atoms with Gasteiger partial charge in [0.2, 0.25) is 11.8 Å². The van der Waals surface area contributed by atoms with Gasteiger partial charge in [0, 0.05) is 41.7 Å². The summed E-state index contributed by atoms with van der Waals surface area (Å²) in [4.78, 5) is 26.6. The first-order valence-corrected chi connectivity index (χ1v) is 10.6. The number of hydrogen-bond acceptors (Lipinski definition) is 3. The summed E-state index contributed by atoms with van der Waals surface area (Å²) < 4.78 is 0. The Balaban J connectivity index is 1.44. The highest BCUT2D eigenvalue weighted by Crippen LogP contribution is 2.24. The summed E-state index contributed by atoms with van der Waals surface area (Å²) in [6.07, 6.45) is 3.66. The van der Waals surface area contributed by atoms with E-state index >= 15 is 0 Å². The lowest BCUT2D eigenvalue weighted by molar-refractivity contribution is -0.132. The summed E-state index contributed by atoms with van der Waals surface area (Å²) in [5, 5.41) is 13.9. The molecule has 1 saturated heterocycles. The van der Waals surface area contributed by atoms with Crippen molar-refractivity contribution in [1.82, 2.24) is 10.2 Å². The van der Waals surface area contributed by atoms with E-state index in [2.05, 4.69) is 5.32 Å². The fourth-order valence-corrected chi connectivity index (χ4v) is 3.97. The van der Waals surface area contributed by atoms with Gasteiger partial charge in [-0.15, -0.1) is 0 Å². The minimum absolute atomic E-state index is 0.0500. The number of nitrogens with one attached hydrogen (secondary N) is 1. The van der Waals surface area contributed by atoms with Crippen LogP contribution in [0.4, 0.5) is 0 Å². The number of halogens is 2. The fourth-order valence-electron chi connectivity index (χ4n) is 3.43. The number of carbonyl (C=O) groups excluding carboxylic acids is 2. The molecular weight excluding hydrogens is 423 g/mol.